The van der Waals surface area contributed by atoms with Crippen molar-refractivity contribution in [3.05, 3.63) is 52.1 Å². The van der Waals surface area contributed by atoms with Gasteiger partial charge in [0.25, 0.3) is 0 Å². The van der Waals surface area contributed by atoms with Crippen LogP contribution >= 0.6 is 15.9 Å². The Morgan fingerprint density at radius 2 is 2.24 bits per heavy atom. The minimum atomic E-state index is -0.481. The fourth-order valence-electron chi connectivity index (χ4n) is 1.42. The van der Waals surface area contributed by atoms with Gasteiger partial charge in [-0.1, -0.05) is 0 Å². The molecule has 0 radical (unpaired) electrons. The Labute approximate surface area is 105 Å². The number of hydrogen-bond donors (Lipinski definition) is 0. The minimum absolute atomic E-state index is 0.192. The number of furan rings is 1. The van der Waals surface area contributed by atoms with Gasteiger partial charge in [0.05, 0.1) is 29.0 Å². The second-order valence-corrected chi connectivity index (χ2v) is 4.16. The molecular formula is C12H8BrFO3. The highest BCUT2D eigenvalue weighted by Gasteiger charge is 2.18. The van der Waals surface area contributed by atoms with Crippen LogP contribution < -0.4 is 4.74 Å². The van der Waals surface area contributed by atoms with E-state index in [1.807, 2.05) is 0 Å². The predicted molar refractivity (Wildman–Crippen MR) is 62.8 cm³/mol. The molecule has 17 heavy (non-hydrogen) atoms. The first-order chi connectivity index (χ1) is 8.13. The van der Waals surface area contributed by atoms with Crippen molar-refractivity contribution in [2.24, 2.45) is 0 Å². The first-order valence-corrected chi connectivity index (χ1v) is 5.52. The maximum atomic E-state index is 13.3. The summed E-state index contributed by atoms with van der Waals surface area (Å²) in [5.41, 5.74) is 0.670. The van der Waals surface area contributed by atoms with Gasteiger partial charge in [0, 0.05) is 6.07 Å². The Morgan fingerprint density at radius 3 is 2.82 bits per heavy atom. The summed E-state index contributed by atoms with van der Waals surface area (Å²) in [6.07, 6.45) is 2.73. The summed E-state index contributed by atoms with van der Waals surface area (Å²) in [6, 6.07) is 4.10. The maximum Gasteiger partial charge on any atom is 0.200 e. The standard InChI is InChI=1S/C12H8BrFO3/c1-16-11-5-10(14)9(13)4-8(11)12(15)7-2-3-17-6-7/h2-6H,1H3. The van der Waals surface area contributed by atoms with Crippen LogP contribution in [0.1, 0.15) is 15.9 Å². The first kappa shape index (κ1) is 11.9. The van der Waals surface area contributed by atoms with E-state index in [-0.39, 0.29) is 21.6 Å². The summed E-state index contributed by atoms with van der Waals surface area (Å²) in [6.45, 7) is 0. The van der Waals surface area contributed by atoms with Gasteiger partial charge in [-0.25, -0.2) is 4.39 Å². The quantitative estimate of drug-likeness (QED) is 0.815. The number of halogens is 2. The van der Waals surface area contributed by atoms with Gasteiger partial charge >= 0.3 is 0 Å². The predicted octanol–water partition coefficient (Wildman–Crippen LogP) is 3.42. The van der Waals surface area contributed by atoms with E-state index in [9.17, 15) is 9.18 Å². The number of rotatable bonds is 3. The van der Waals surface area contributed by atoms with Gasteiger partial charge < -0.3 is 9.15 Å². The highest BCUT2D eigenvalue weighted by atomic mass is 79.9. The van der Waals surface area contributed by atoms with Crippen molar-refractivity contribution < 1.29 is 18.3 Å². The molecule has 0 saturated heterocycles. The molecule has 1 aromatic heterocycles. The van der Waals surface area contributed by atoms with E-state index in [1.165, 1.54) is 25.7 Å². The van der Waals surface area contributed by atoms with Crippen molar-refractivity contribution in [1.29, 1.82) is 0 Å². The number of carbonyl (C=O) groups excluding carboxylic acids is 1. The number of carbonyl (C=O) groups is 1. The molecule has 0 saturated carbocycles. The lowest BCUT2D eigenvalue weighted by Crippen LogP contribution is -2.03. The third-order valence-corrected chi connectivity index (χ3v) is 2.88. The van der Waals surface area contributed by atoms with Crippen molar-refractivity contribution >= 4 is 21.7 Å². The van der Waals surface area contributed by atoms with Gasteiger partial charge in [-0.2, -0.15) is 0 Å². The van der Waals surface area contributed by atoms with Gasteiger partial charge in [-0.3, -0.25) is 4.79 Å². The van der Waals surface area contributed by atoms with Crippen LogP contribution in [-0.4, -0.2) is 12.9 Å². The second-order valence-electron chi connectivity index (χ2n) is 3.31. The van der Waals surface area contributed by atoms with Crippen LogP contribution in [0.15, 0.2) is 39.6 Å². The van der Waals surface area contributed by atoms with Crippen LogP contribution in [-0.2, 0) is 0 Å². The van der Waals surface area contributed by atoms with E-state index in [1.54, 1.807) is 6.07 Å². The third kappa shape index (κ3) is 2.24. The van der Waals surface area contributed by atoms with E-state index in [0.717, 1.165) is 6.07 Å². The van der Waals surface area contributed by atoms with E-state index in [2.05, 4.69) is 15.9 Å². The zero-order chi connectivity index (χ0) is 12.4. The molecule has 0 aliphatic carbocycles. The number of ether oxygens (including phenoxy) is 1. The van der Waals surface area contributed by atoms with Crippen molar-refractivity contribution in [2.45, 2.75) is 0 Å². The van der Waals surface area contributed by atoms with Crippen LogP contribution in [0.5, 0.6) is 5.75 Å². The molecule has 88 valence electrons. The highest BCUT2D eigenvalue weighted by molar-refractivity contribution is 9.10. The molecule has 0 aliphatic rings. The second kappa shape index (κ2) is 4.71. The average Bonchev–Trinajstić information content (AvgIpc) is 2.84. The molecule has 0 aliphatic heterocycles. The Bertz CT molecular complexity index is 549. The molecule has 5 heteroatoms. The fraction of sp³-hybridized carbons (Fsp3) is 0.0833. The van der Waals surface area contributed by atoms with Crippen LogP contribution in [0, 0.1) is 5.82 Å². The Balaban J connectivity index is 2.51. The zero-order valence-electron chi connectivity index (χ0n) is 8.87. The van der Waals surface area contributed by atoms with Crippen LogP contribution in [0.4, 0.5) is 4.39 Å². The summed E-state index contributed by atoms with van der Waals surface area (Å²) in [5.74, 6) is -0.571. The van der Waals surface area contributed by atoms with Crippen LogP contribution in [0.2, 0.25) is 0 Å². The molecule has 3 nitrogen and oxygen atoms in total. The first-order valence-electron chi connectivity index (χ1n) is 4.73. The Kier molecular flexibility index (Phi) is 3.28. The molecule has 0 spiro atoms. The van der Waals surface area contributed by atoms with Crippen molar-refractivity contribution in [2.75, 3.05) is 7.11 Å². The molecule has 0 atom stereocenters. The van der Waals surface area contributed by atoms with Gasteiger partial charge in [0.15, 0.2) is 5.78 Å². The van der Waals surface area contributed by atoms with Crippen LogP contribution in [0.25, 0.3) is 0 Å². The SMILES string of the molecule is COc1cc(F)c(Br)cc1C(=O)c1ccoc1. The zero-order valence-corrected chi connectivity index (χ0v) is 10.5. The molecular weight excluding hydrogens is 291 g/mol. The molecule has 0 bridgehead atoms. The van der Waals surface area contributed by atoms with Gasteiger partial charge in [-0.05, 0) is 28.1 Å². The summed E-state index contributed by atoms with van der Waals surface area (Å²) in [7, 11) is 1.38. The minimum Gasteiger partial charge on any atom is -0.496 e. The van der Waals surface area contributed by atoms with Crippen molar-refractivity contribution in [3.8, 4) is 5.75 Å². The monoisotopic (exact) mass is 298 g/mol. The number of methoxy groups -OCH3 is 1. The molecule has 0 N–H and O–H groups in total. The lowest BCUT2D eigenvalue weighted by molar-refractivity contribution is 0.103. The van der Waals surface area contributed by atoms with Crippen molar-refractivity contribution in [3.63, 3.8) is 0 Å². The van der Waals surface area contributed by atoms with Crippen molar-refractivity contribution in [1.82, 2.24) is 0 Å². The Hall–Kier alpha value is -1.62. The lowest BCUT2D eigenvalue weighted by Gasteiger charge is -2.07. The fourth-order valence-corrected chi connectivity index (χ4v) is 1.77. The van der Waals surface area contributed by atoms with E-state index < -0.39 is 5.82 Å². The van der Waals surface area contributed by atoms with Gasteiger partial charge in [0.2, 0.25) is 0 Å². The molecule has 2 rings (SSSR count). The summed E-state index contributed by atoms with van der Waals surface area (Å²) in [4.78, 5) is 12.1. The lowest BCUT2D eigenvalue weighted by atomic mass is 10.1. The third-order valence-electron chi connectivity index (χ3n) is 2.27. The number of hydrogen-bond acceptors (Lipinski definition) is 3. The topological polar surface area (TPSA) is 39.4 Å². The summed E-state index contributed by atoms with van der Waals surface area (Å²) < 4.78 is 23.3. The van der Waals surface area contributed by atoms with E-state index >= 15 is 0 Å². The smallest absolute Gasteiger partial charge is 0.200 e. The number of ketones is 1. The normalized spacial score (nSPS) is 10.3. The average molecular weight is 299 g/mol. The summed E-state index contributed by atoms with van der Waals surface area (Å²) in [5, 5.41) is 0. The molecule has 2 aromatic rings. The summed E-state index contributed by atoms with van der Waals surface area (Å²) >= 11 is 3.03. The number of benzene rings is 1. The maximum absolute atomic E-state index is 13.3. The van der Waals surface area contributed by atoms with E-state index in [4.69, 9.17) is 9.15 Å². The largest absolute Gasteiger partial charge is 0.496 e. The van der Waals surface area contributed by atoms with Crippen LogP contribution in [0.3, 0.4) is 0 Å². The Morgan fingerprint density at radius 1 is 1.47 bits per heavy atom. The molecule has 1 aromatic carbocycles. The molecule has 0 fully saturated rings. The van der Waals surface area contributed by atoms with E-state index in [0.29, 0.717) is 5.56 Å². The van der Waals surface area contributed by atoms with Gasteiger partial charge in [-0.15, -0.1) is 0 Å². The highest BCUT2D eigenvalue weighted by Crippen LogP contribution is 2.28. The van der Waals surface area contributed by atoms with Gasteiger partial charge in [0.1, 0.15) is 17.8 Å². The molecule has 1 heterocycles. The molecule has 0 unspecified atom stereocenters. The molecule has 0 amide bonds.